The lowest BCUT2D eigenvalue weighted by Crippen LogP contribution is -2.50. The van der Waals surface area contributed by atoms with Crippen LogP contribution in [0.1, 0.15) is 41.0 Å². The number of nitrogens with zero attached hydrogens (tertiary/aromatic N) is 2. The maximum atomic E-state index is 5.52. The molecular weight excluding hydrogens is 369 g/mol. The minimum absolute atomic E-state index is 0.271. The SMILES string of the molecule is CC(C)(C)CC(C)(C)CNC(=S)N1CCN(I)CC1. The van der Waals surface area contributed by atoms with Crippen molar-refractivity contribution in [3.8, 4) is 0 Å². The number of rotatable bonds is 3. The van der Waals surface area contributed by atoms with Crippen LogP contribution in [0, 0.1) is 10.8 Å². The summed E-state index contributed by atoms with van der Waals surface area (Å²) >= 11 is 7.90. The molecule has 1 heterocycles. The summed E-state index contributed by atoms with van der Waals surface area (Å²) in [5.41, 5.74) is 0.632. The second-order valence-corrected chi connectivity index (χ2v) is 9.21. The highest BCUT2D eigenvalue weighted by atomic mass is 127. The monoisotopic (exact) mass is 397 g/mol. The third-order valence-electron chi connectivity index (χ3n) is 3.24. The highest BCUT2D eigenvalue weighted by molar-refractivity contribution is 14.1. The normalized spacial score (nSPS) is 18.5. The number of hydrogen-bond acceptors (Lipinski definition) is 2. The summed E-state index contributed by atoms with van der Waals surface area (Å²) in [5.74, 6) is 0. The van der Waals surface area contributed by atoms with Crippen LogP contribution in [0.2, 0.25) is 0 Å². The highest BCUT2D eigenvalue weighted by Gasteiger charge is 2.26. The molecule has 3 nitrogen and oxygen atoms in total. The lowest BCUT2D eigenvalue weighted by molar-refractivity contribution is 0.210. The van der Waals surface area contributed by atoms with Gasteiger partial charge in [0.1, 0.15) is 0 Å². The van der Waals surface area contributed by atoms with E-state index in [2.05, 4.69) is 70.8 Å². The molecular formula is C14H28IN3S. The lowest BCUT2D eigenvalue weighted by Gasteiger charge is -2.36. The maximum Gasteiger partial charge on any atom is 0.169 e. The Morgan fingerprint density at radius 1 is 1.11 bits per heavy atom. The molecule has 0 unspecified atom stereocenters. The van der Waals surface area contributed by atoms with Crippen LogP contribution in [0.5, 0.6) is 0 Å². The second kappa shape index (κ2) is 6.89. The predicted octanol–water partition coefficient (Wildman–Crippen LogP) is 3.29. The van der Waals surface area contributed by atoms with Crippen molar-refractivity contribution >= 4 is 40.2 Å². The van der Waals surface area contributed by atoms with E-state index in [1.54, 1.807) is 0 Å². The standard InChI is InChI=1S/C14H28IN3S/c1-13(2,3)10-14(4,5)11-16-12(19)17-6-8-18(15)9-7-17/h6-11H2,1-5H3,(H,16,19). The van der Waals surface area contributed by atoms with Gasteiger partial charge in [-0.1, -0.05) is 34.6 Å². The van der Waals surface area contributed by atoms with Gasteiger partial charge in [-0.05, 0) is 29.5 Å². The molecule has 0 aliphatic carbocycles. The quantitative estimate of drug-likeness (QED) is 0.447. The van der Waals surface area contributed by atoms with Gasteiger partial charge >= 0.3 is 0 Å². The van der Waals surface area contributed by atoms with E-state index >= 15 is 0 Å². The number of hydrogen-bond donors (Lipinski definition) is 1. The van der Waals surface area contributed by atoms with Crippen LogP contribution in [-0.4, -0.2) is 45.8 Å². The fourth-order valence-corrected chi connectivity index (χ4v) is 3.50. The first kappa shape index (κ1) is 17.4. The summed E-state index contributed by atoms with van der Waals surface area (Å²) in [6.45, 7) is 16.7. The van der Waals surface area contributed by atoms with Gasteiger partial charge < -0.3 is 10.2 Å². The van der Waals surface area contributed by atoms with Gasteiger partial charge in [-0.25, -0.2) is 3.11 Å². The van der Waals surface area contributed by atoms with Crippen molar-refractivity contribution in [2.45, 2.75) is 41.0 Å². The fraction of sp³-hybridized carbons (Fsp3) is 0.929. The van der Waals surface area contributed by atoms with Crippen LogP contribution < -0.4 is 5.32 Å². The van der Waals surface area contributed by atoms with Crippen molar-refractivity contribution in [3.05, 3.63) is 0 Å². The molecule has 0 aromatic carbocycles. The molecule has 5 heteroatoms. The zero-order chi connectivity index (χ0) is 14.7. The molecule has 1 fully saturated rings. The summed E-state index contributed by atoms with van der Waals surface area (Å²) < 4.78 is 2.32. The van der Waals surface area contributed by atoms with Crippen molar-refractivity contribution in [2.24, 2.45) is 10.8 Å². The first-order chi connectivity index (χ1) is 8.59. The summed E-state index contributed by atoms with van der Waals surface area (Å²) in [5, 5.41) is 4.39. The number of piperazine rings is 1. The van der Waals surface area contributed by atoms with Crippen LogP contribution in [0.15, 0.2) is 0 Å². The van der Waals surface area contributed by atoms with Gasteiger partial charge in [0.2, 0.25) is 0 Å². The van der Waals surface area contributed by atoms with E-state index in [0.717, 1.165) is 37.8 Å². The average Bonchev–Trinajstić information content (AvgIpc) is 2.24. The Balaban J connectivity index is 2.37. The van der Waals surface area contributed by atoms with Gasteiger partial charge in [-0.3, -0.25) is 0 Å². The third kappa shape index (κ3) is 7.09. The first-order valence-corrected chi connectivity index (χ1v) is 8.40. The van der Waals surface area contributed by atoms with E-state index in [0.29, 0.717) is 5.41 Å². The molecule has 0 aromatic rings. The van der Waals surface area contributed by atoms with E-state index in [1.807, 2.05) is 0 Å². The summed E-state index contributed by atoms with van der Waals surface area (Å²) in [7, 11) is 0. The molecule has 1 aliphatic heterocycles. The molecule has 1 rings (SSSR count). The Morgan fingerprint density at radius 3 is 2.11 bits per heavy atom. The van der Waals surface area contributed by atoms with Crippen molar-refractivity contribution in [1.82, 2.24) is 13.3 Å². The molecule has 112 valence electrons. The Labute approximate surface area is 138 Å². The Bertz CT molecular complexity index is 304. The minimum Gasteiger partial charge on any atom is -0.362 e. The van der Waals surface area contributed by atoms with Crippen LogP contribution in [-0.2, 0) is 0 Å². The molecule has 0 saturated carbocycles. The van der Waals surface area contributed by atoms with Crippen LogP contribution in [0.4, 0.5) is 0 Å². The highest BCUT2D eigenvalue weighted by Crippen LogP contribution is 2.32. The number of nitrogens with one attached hydrogen (secondary N) is 1. The van der Waals surface area contributed by atoms with E-state index in [9.17, 15) is 0 Å². The van der Waals surface area contributed by atoms with E-state index < -0.39 is 0 Å². The van der Waals surface area contributed by atoms with Gasteiger partial charge in [-0.15, -0.1) is 0 Å². The van der Waals surface area contributed by atoms with E-state index in [4.69, 9.17) is 12.2 Å². The van der Waals surface area contributed by atoms with Crippen molar-refractivity contribution in [2.75, 3.05) is 32.7 Å². The van der Waals surface area contributed by atoms with Gasteiger partial charge in [0.15, 0.2) is 5.11 Å². The Morgan fingerprint density at radius 2 is 1.63 bits per heavy atom. The van der Waals surface area contributed by atoms with Crippen molar-refractivity contribution in [1.29, 1.82) is 0 Å². The molecule has 0 spiro atoms. The molecule has 0 atom stereocenters. The predicted molar refractivity (Wildman–Crippen MR) is 95.6 cm³/mol. The topological polar surface area (TPSA) is 18.5 Å². The van der Waals surface area contributed by atoms with Gasteiger partial charge in [-0.2, -0.15) is 0 Å². The smallest absolute Gasteiger partial charge is 0.169 e. The summed E-state index contributed by atoms with van der Waals surface area (Å²) in [6.07, 6.45) is 1.19. The Hall–Kier alpha value is 0.380. The van der Waals surface area contributed by atoms with E-state index in [1.165, 1.54) is 6.42 Å². The van der Waals surface area contributed by atoms with Crippen molar-refractivity contribution < 1.29 is 0 Å². The number of thiocarbonyl (C=S) groups is 1. The first-order valence-electron chi connectivity index (χ1n) is 7.03. The Kier molecular flexibility index (Phi) is 6.32. The molecule has 1 aliphatic rings. The van der Waals surface area contributed by atoms with Crippen molar-refractivity contribution in [3.63, 3.8) is 0 Å². The zero-order valence-electron chi connectivity index (χ0n) is 12.9. The van der Waals surface area contributed by atoms with Gasteiger partial charge in [0.05, 0.1) is 0 Å². The molecule has 0 radical (unpaired) electrons. The number of halogens is 1. The van der Waals surface area contributed by atoms with Crippen LogP contribution in [0.25, 0.3) is 0 Å². The zero-order valence-corrected chi connectivity index (χ0v) is 15.9. The largest absolute Gasteiger partial charge is 0.362 e. The summed E-state index contributed by atoms with van der Waals surface area (Å²) in [6, 6.07) is 0. The molecule has 0 bridgehead atoms. The molecule has 0 aromatic heterocycles. The molecule has 0 amide bonds. The fourth-order valence-electron chi connectivity index (χ4n) is 2.81. The van der Waals surface area contributed by atoms with Gasteiger partial charge in [0, 0.05) is 55.6 Å². The van der Waals surface area contributed by atoms with Crippen LogP contribution in [0.3, 0.4) is 0 Å². The lowest BCUT2D eigenvalue weighted by atomic mass is 9.76. The van der Waals surface area contributed by atoms with E-state index in [-0.39, 0.29) is 5.41 Å². The van der Waals surface area contributed by atoms with Gasteiger partial charge in [0.25, 0.3) is 0 Å². The maximum absolute atomic E-state index is 5.52. The molecule has 1 N–H and O–H groups in total. The average molecular weight is 397 g/mol. The summed E-state index contributed by atoms with van der Waals surface area (Å²) in [4.78, 5) is 2.29. The second-order valence-electron chi connectivity index (χ2n) is 7.46. The molecule has 1 saturated heterocycles. The third-order valence-corrected chi connectivity index (χ3v) is 4.61. The van der Waals surface area contributed by atoms with Crippen LogP contribution >= 0.6 is 35.1 Å². The molecule has 19 heavy (non-hydrogen) atoms. The minimum atomic E-state index is 0.271.